The summed E-state index contributed by atoms with van der Waals surface area (Å²) in [5.74, 6) is 0. The zero-order valence-electron chi connectivity index (χ0n) is 13.1. The number of aliphatic hydroxyl groups excluding tert-OH is 1. The van der Waals surface area contributed by atoms with E-state index in [4.69, 9.17) is 0 Å². The first kappa shape index (κ1) is 17.9. The molecule has 1 aromatic rings. The number of nitrogens with zero attached hydrogens (tertiary/aromatic N) is 1. The van der Waals surface area contributed by atoms with E-state index in [0.29, 0.717) is 19.5 Å². The molecule has 0 aliphatic carbocycles. The predicted octanol–water partition coefficient (Wildman–Crippen LogP) is 2.19. The smallest absolute Gasteiger partial charge is 0.315 e. The number of rotatable bonds is 7. The number of nitro groups is 1. The second kappa shape index (κ2) is 7.74. The summed E-state index contributed by atoms with van der Waals surface area (Å²) in [6.45, 7) is 6.40. The standard InChI is InChI=1S/C15H23N3O4/c1-11(19)8-15(2,3)10-17-14(20)16-9-12-4-6-13(7-5-12)18(21)22/h4-7,11,19H,8-10H2,1-3H3,(H2,16,17,20). The molecule has 3 N–H and O–H groups in total. The van der Waals surface area contributed by atoms with Gasteiger partial charge in [-0.1, -0.05) is 26.0 Å². The fraction of sp³-hybridized carbons (Fsp3) is 0.533. The van der Waals surface area contributed by atoms with Crippen molar-refractivity contribution in [1.82, 2.24) is 10.6 Å². The summed E-state index contributed by atoms with van der Waals surface area (Å²) >= 11 is 0. The van der Waals surface area contributed by atoms with Gasteiger partial charge in [0.25, 0.3) is 5.69 Å². The summed E-state index contributed by atoms with van der Waals surface area (Å²) in [5.41, 5.74) is 0.607. The molecular weight excluding hydrogens is 286 g/mol. The lowest BCUT2D eigenvalue weighted by atomic mass is 9.87. The number of carbonyl (C=O) groups is 1. The lowest BCUT2D eigenvalue weighted by molar-refractivity contribution is -0.384. The van der Waals surface area contributed by atoms with Crippen molar-refractivity contribution < 1.29 is 14.8 Å². The first-order valence-corrected chi connectivity index (χ1v) is 7.13. The highest BCUT2D eigenvalue weighted by Crippen LogP contribution is 2.20. The Bertz CT molecular complexity index is 512. The minimum atomic E-state index is -0.464. The number of amides is 2. The van der Waals surface area contributed by atoms with E-state index in [1.54, 1.807) is 19.1 Å². The number of urea groups is 1. The van der Waals surface area contributed by atoms with E-state index in [1.807, 2.05) is 13.8 Å². The van der Waals surface area contributed by atoms with Crippen LogP contribution in [0.3, 0.4) is 0 Å². The largest absolute Gasteiger partial charge is 0.393 e. The van der Waals surface area contributed by atoms with Crippen LogP contribution in [0, 0.1) is 15.5 Å². The van der Waals surface area contributed by atoms with Gasteiger partial charge in [-0.15, -0.1) is 0 Å². The molecule has 0 heterocycles. The van der Waals surface area contributed by atoms with Crippen molar-refractivity contribution in [2.75, 3.05) is 6.54 Å². The summed E-state index contributed by atoms with van der Waals surface area (Å²) in [7, 11) is 0. The van der Waals surface area contributed by atoms with Crippen LogP contribution < -0.4 is 10.6 Å². The number of aliphatic hydroxyl groups is 1. The van der Waals surface area contributed by atoms with E-state index >= 15 is 0 Å². The molecule has 1 unspecified atom stereocenters. The molecule has 0 fully saturated rings. The predicted molar refractivity (Wildman–Crippen MR) is 83.4 cm³/mol. The Morgan fingerprint density at radius 1 is 1.32 bits per heavy atom. The Morgan fingerprint density at radius 3 is 2.41 bits per heavy atom. The number of hydrogen-bond acceptors (Lipinski definition) is 4. The van der Waals surface area contributed by atoms with E-state index in [-0.39, 0.29) is 17.1 Å². The number of nitrogens with one attached hydrogen (secondary N) is 2. The molecule has 1 aromatic carbocycles. The molecule has 0 aliphatic heterocycles. The topological polar surface area (TPSA) is 104 Å². The summed E-state index contributed by atoms with van der Waals surface area (Å²) in [4.78, 5) is 21.8. The Morgan fingerprint density at radius 2 is 1.91 bits per heavy atom. The number of non-ortho nitro benzene ring substituents is 1. The van der Waals surface area contributed by atoms with Gasteiger partial charge in [0.15, 0.2) is 0 Å². The maximum atomic E-state index is 11.7. The van der Waals surface area contributed by atoms with Crippen molar-refractivity contribution in [1.29, 1.82) is 0 Å². The minimum absolute atomic E-state index is 0.0214. The second-order valence-electron chi connectivity index (χ2n) is 6.18. The van der Waals surface area contributed by atoms with Gasteiger partial charge >= 0.3 is 6.03 Å². The molecule has 2 amide bonds. The molecule has 7 nitrogen and oxygen atoms in total. The van der Waals surface area contributed by atoms with Crippen molar-refractivity contribution >= 4 is 11.7 Å². The van der Waals surface area contributed by atoms with Crippen LogP contribution in [0.25, 0.3) is 0 Å². The van der Waals surface area contributed by atoms with Gasteiger partial charge in [0, 0.05) is 25.2 Å². The molecule has 7 heteroatoms. The highest BCUT2D eigenvalue weighted by molar-refractivity contribution is 5.73. The normalized spacial score (nSPS) is 12.5. The number of benzene rings is 1. The molecule has 0 aliphatic rings. The van der Waals surface area contributed by atoms with Crippen LogP contribution in [0.4, 0.5) is 10.5 Å². The van der Waals surface area contributed by atoms with Crippen molar-refractivity contribution in [2.45, 2.75) is 39.8 Å². The first-order chi connectivity index (χ1) is 10.2. The van der Waals surface area contributed by atoms with Gasteiger partial charge in [-0.25, -0.2) is 4.79 Å². The van der Waals surface area contributed by atoms with E-state index in [9.17, 15) is 20.0 Å². The number of nitro benzene ring substituents is 1. The average molecular weight is 309 g/mol. The molecular formula is C15H23N3O4. The van der Waals surface area contributed by atoms with Crippen molar-refractivity contribution in [3.8, 4) is 0 Å². The van der Waals surface area contributed by atoms with Crippen LogP contribution in [0.5, 0.6) is 0 Å². The minimum Gasteiger partial charge on any atom is -0.393 e. The van der Waals surface area contributed by atoms with Gasteiger partial charge in [0.05, 0.1) is 11.0 Å². The van der Waals surface area contributed by atoms with Gasteiger partial charge in [-0.05, 0) is 24.3 Å². The Kier molecular flexibility index (Phi) is 6.30. The summed E-state index contributed by atoms with van der Waals surface area (Å²) < 4.78 is 0. The van der Waals surface area contributed by atoms with Crippen LogP contribution >= 0.6 is 0 Å². The fourth-order valence-corrected chi connectivity index (χ4v) is 2.17. The third-order valence-corrected chi connectivity index (χ3v) is 3.18. The maximum Gasteiger partial charge on any atom is 0.315 e. The molecule has 0 aromatic heterocycles. The van der Waals surface area contributed by atoms with Gasteiger partial charge in [0.2, 0.25) is 0 Å². The van der Waals surface area contributed by atoms with Crippen molar-refractivity contribution in [2.24, 2.45) is 5.41 Å². The van der Waals surface area contributed by atoms with Crippen LogP contribution in [0.15, 0.2) is 24.3 Å². The SMILES string of the molecule is CC(O)CC(C)(C)CNC(=O)NCc1ccc([N+](=O)[O-])cc1. The van der Waals surface area contributed by atoms with E-state index in [2.05, 4.69) is 10.6 Å². The third-order valence-electron chi connectivity index (χ3n) is 3.18. The van der Waals surface area contributed by atoms with E-state index in [1.165, 1.54) is 12.1 Å². The molecule has 0 saturated carbocycles. The number of hydrogen-bond donors (Lipinski definition) is 3. The van der Waals surface area contributed by atoms with Gasteiger partial charge in [0.1, 0.15) is 0 Å². The van der Waals surface area contributed by atoms with Gasteiger partial charge in [-0.3, -0.25) is 10.1 Å². The lowest BCUT2D eigenvalue weighted by Gasteiger charge is -2.26. The summed E-state index contributed by atoms with van der Waals surface area (Å²) in [6, 6.07) is 5.71. The van der Waals surface area contributed by atoms with Gasteiger partial charge < -0.3 is 15.7 Å². The highest BCUT2D eigenvalue weighted by Gasteiger charge is 2.20. The monoisotopic (exact) mass is 309 g/mol. The molecule has 0 spiro atoms. The summed E-state index contributed by atoms with van der Waals surface area (Å²) in [6.07, 6.45) is 0.176. The molecule has 0 saturated heterocycles. The van der Waals surface area contributed by atoms with Crippen LogP contribution in [-0.2, 0) is 6.54 Å². The quantitative estimate of drug-likeness (QED) is 0.530. The van der Waals surface area contributed by atoms with Crippen LogP contribution in [0.2, 0.25) is 0 Å². The average Bonchev–Trinajstić information content (AvgIpc) is 2.42. The molecule has 22 heavy (non-hydrogen) atoms. The Balaban J connectivity index is 2.38. The van der Waals surface area contributed by atoms with E-state index < -0.39 is 11.0 Å². The highest BCUT2D eigenvalue weighted by atomic mass is 16.6. The molecule has 1 rings (SSSR count). The molecule has 0 radical (unpaired) electrons. The Hall–Kier alpha value is -2.15. The maximum absolute atomic E-state index is 11.7. The zero-order valence-corrected chi connectivity index (χ0v) is 13.1. The third kappa shape index (κ3) is 6.53. The zero-order chi connectivity index (χ0) is 16.8. The first-order valence-electron chi connectivity index (χ1n) is 7.13. The van der Waals surface area contributed by atoms with Crippen molar-refractivity contribution in [3.63, 3.8) is 0 Å². The second-order valence-corrected chi connectivity index (χ2v) is 6.18. The number of carbonyl (C=O) groups excluding carboxylic acids is 1. The van der Waals surface area contributed by atoms with Gasteiger partial charge in [-0.2, -0.15) is 0 Å². The van der Waals surface area contributed by atoms with Crippen LogP contribution in [-0.4, -0.2) is 28.7 Å². The van der Waals surface area contributed by atoms with E-state index in [0.717, 1.165) is 5.56 Å². The lowest BCUT2D eigenvalue weighted by Crippen LogP contribution is -2.41. The van der Waals surface area contributed by atoms with Crippen molar-refractivity contribution in [3.05, 3.63) is 39.9 Å². The fourth-order valence-electron chi connectivity index (χ4n) is 2.17. The van der Waals surface area contributed by atoms with Crippen LogP contribution in [0.1, 0.15) is 32.8 Å². The molecule has 0 bridgehead atoms. The molecule has 1 atom stereocenters. The molecule has 122 valence electrons. The summed E-state index contributed by atoms with van der Waals surface area (Å²) in [5, 5.41) is 25.4. The Labute approximate surface area is 129 Å².